The van der Waals surface area contributed by atoms with E-state index in [1.165, 1.54) is 40.6 Å². The average Bonchev–Trinajstić information content (AvgIpc) is 3.33. The predicted octanol–water partition coefficient (Wildman–Crippen LogP) is 5.48. The number of hydrogen-bond donors (Lipinski definition) is 0. The Morgan fingerprint density at radius 1 is 0.552 bits per heavy atom. The molecule has 0 N–H and O–H groups in total. The second kappa shape index (κ2) is 7.54. The Labute approximate surface area is 179 Å². The van der Waals surface area contributed by atoms with Crippen molar-refractivity contribution >= 4 is 25.5 Å². The van der Waals surface area contributed by atoms with Crippen molar-refractivity contribution in [1.29, 1.82) is 0 Å². The zero-order valence-corrected chi connectivity index (χ0v) is 21.1. The molecule has 2 aromatic carbocycles. The third kappa shape index (κ3) is 3.17. The number of allylic oxidation sites excluding steroid dienone is 6. The molecule has 4 rings (SSSR count). The standard InChI is InChI=1S/2C9H11.2C5H3.Sn/c2*1-7-4-8(2)6-9(3)5-7;2*1-2-4-5-3-1;/h2*4-5H,1-3H3;2*1-3H;. The van der Waals surface area contributed by atoms with Gasteiger partial charge in [0.05, 0.1) is 0 Å². The summed E-state index contributed by atoms with van der Waals surface area (Å²) >= 11 is -3.60. The second-order valence-electron chi connectivity index (χ2n) is 8.47. The van der Waals surface area contributed by atoms with Crippen LogP contribution in [0.2, 0.25) is 0 Å². The molecule has 0 aromatic heterocycles. The van der Waals surface area contributed by atoms with Crippen LogP contribution in [0.1, 0.15) is 33.4 Å². The minimum atomic E-state index is -3.60. The summed E-state index contributed by atoms with van der Waals surface area (Å²) < 4.78 is 5.91. The van der Waals surface area contributed by atoms with Crippen molar-refractivity contribution in [2.75, 3.05) is 0 Å². The minimum absolute atomic E-state index is 1.33. The molecule has 0 heterocycles. The maximum absolute atomic E-state index is 3.67. The van der Waals surface area contributed by atoms with Crippen molar-refractivity contribution in [1.82, 2.24) is 0 Å². The molecule has 1 heteroatoms. The van der Waals surface area contributed by atoms with E-state index in [4.69, 9.17) is 0 Å². The van der Waals surface area contributed by atoms with E-state index in [9.17, 15) is 0 Å². The summed E-state index contributed by atoms with van der Waals surface area (Å²) in [6.07, 6.45) is 13.1. The normalized spacial score (nSPS) is 14.7. The van der Waals surface area contributed by atoms with Gasteiger partial charge in [0.15, 0.2) is 0 Å². The first-order valence-electron chi connectivity index (χ1n) is 10.3. The van der Waals surface area contributed by atoms with Crippen LogP contribution in [0.4, 0.5) is 0 Å². The Kier molecular flexibility index (Phi) is 5.21. The zero-order chi connectivity index (χ0) is 20.8. The monoisotopic (exact) mass is 484 g/mol. The fourth-order valence-corrected chi connectivity index (χ4v) is 21.4. The van der Waals surface area contributed by atoms with Crippen molar-refractivity contribution in [3.8, 4) is 0 Å². The molecule has 0 atom stereocenters. The Morgan fingerprint density at radius 3 is 1.17 bits per heavy atom. The van der Waals surface area contributed by atoms with Crippen molar-refractivity contribution in [3.63, 3.8) is 0 Å². The molecule has 2 aliphatic rings. The Bertz CT molecular complexity index is 1070. The molecular formula is C28H28Sn. The SMILES string of the molecule is Cc1cc(C)[c]([Sn]([C]2=C=CC=C2)([C]2=C=CC=C2)[c]2c(C)cc(C)cc2C)c(C)c1. The Hall–Kier alpha value is -2.24. The molecule has 0 radical (unpaired) electrons. The van der Waals surface area contributed by atoms with Gasteiger partial charge in [-0.1, -0.05) is 0 Å². The molecule has 29 heavy (non-hydrogen) atoms. The summed E-state index contributed by atoms with van der Waals surface area (Å²) in [6.45, 7) is 13.6. The summed E-state index contributed by atoms with van der Waals surface area (Å²) in [7, 11) is 0. The average molecular weight is 483 g/mol. The molecule has 0 saturated carbocycles. The van der Waals surface area contributed by atoms with Crippen molar-refractivity contribution in [3.05, 3.63) is 113 Å². The van der Waals surface area contributed by atoms with Gasteiger partial charge < -0.3 is 0 Å². The van der Waals surface area contributed by atoms with Gasteiger partial charge in [0.2, 0.25) is 0 Å². The first kappa shape index (κ1) is 20.0. The molecule has 0 nitrogen and oxygen atoms in total. The van der Waals surface area contributed by atoms with E-state index in [1.807, 2.05) is 0 Å². The summed E-state index contributed by atoms with van der Waals surface area (Å²) in [5.41, 5.74) is 15.6. The van der Waals surface area contributed by atoms with E-state index >= 15 is 0 Å². The van der Waals surface area contributed by atoms with Gasteiger partial charge in [-0.25, -0.2) is 0 Å². The molecule has 0 saturated heterocycles. The van der Waals surface area contributed by atoms with Crippen LogP contribution in [0.5, 0.6) is 0 Å². The summed E-state index contributed by atoms with van der Waals surface area (Å²) in [4.78, 5) is 0. The van der Waals surface area contributed by atoms with Gasteiger partial charge in [0, 0.05) is 0 Å². The number of hydrogen-bond acceptors (Lipinski definition) is 0. The third-order valence-electron chi connectivity index (χ3n) is 6.11. The molecule has 0 spiro atoms. The molecular weight excluding hydrogens is 455 g/mol. The van der Waals surface area contributed by atoms with Gasteiger partial charge >= 0.3 is 180 Å². The maximum atomic E-state index is 3.67. The van der Waals surface area contributed by atoms with Crippen LogP contribution in [-0.2, 0) is 0 Å². The van der Waals surface area contributed by atoms with Gasteiger partial charge in [-0.2, -0.15) is 0 Å². The van der Waals surface area contributed by atoms with Gasteiger partial charge in [-0.15, -0.1) is 0 Å². The van der Waals surface area contributed by atoms with Crippen molar-refractivity contribution in [2.24, 2.45) is 0 Å². The molecule has 2 aromatic rings. The van der Waals surface area contributed by atoms with Crippen LogP contribution in [0, 0.1) is 41.5 Å². The fourth-order valence-electron chi connectivity index (χ4n) is 5.48. The molecule has 0 fully saturated rings. The first-order valence-corrected chi connectivity index (χ1v) is 16.0. The summed E-state index contributed by atoms with van der Waals surface area (Å²) in [5.74, 6) is 0. The van der Waals surface area contributed by atoms with Crippen molar-refractivity contribution < 1.29 is 0 Å². The topological polar surface area (TPSA) is 0 Å². The van der Waals surface area contributed by atoms with Gasteiger partial charge in [-0.3, -0.25) is 0 Å². The van der Waals surface area contributed by atoms with E-state index in [2.05, 4.69) is 114 Å². The van der Waals surface area contributed by atoms with Crippen LogP contribution in [-0.4, -0.2) is 18.4 Å². The fraction of sp³-hybridized carbons (Fsp3) is 0.214. The quantitative estimate of drug-likeness (QED) is 0.399. The van der Waals surface area contributed by atoms with Gasteiger partial charge in [0.1, 0.15) is 0 Å². The molecule has 0 unspecified atom stereocenters. The summed E-state index contributed by atoms with van der Waals surface area (Å²) in [5, 5.41) is 0. The Morgan fingerprint density at radius 2 is 0.897 bits per heavy atom. The summed E-state index contributed by atoms with van der Waals surface area (Å²) in [6, 6.07) is 9.44. The van der Waals surface area contributed by atoms with Crippen LogP contribution in [0.3, 0.4) is 0 Å². The van der Waals surface area contributed by atoms with Crippen LogP contribution in [0.25, 0.3) is 0 Å². The van der Waals surface area contributed by atoms with Crippen LogP contribution in [0.15, 0.2) is 79.4 Å². The zero-order valence-electron chi connectivity index (χ0n) is 18.3. The van der Waals surface area contributed by atoms with E-state index in [0.29, 0.717) is 0 Å². The van der Waals surface area contributed by atoms with Crippen molar-refractivity contribution in [2.45, 2.75) is 41.5 Å². The van der Waals surface area contributed by atoms with Crippen LogP contribution < -0.4 is 7.16 Å². The molecule has 144 valence electrons. The first-order chi connectivity index (χ1) is 13.9. The molecule has 0 amide bonds. The third-order valence-corrected chi connectivity index (χ3v) is 21.3. The van der Waals surface area contributed by atoms with E-state index in [1.54, 1.807) is 7.16 Å². The number of aryl methyl sites for hydroxylation is 6. The molecule has 0 bridgehead atoms. The number of benzene rings is 2. The Balaban J connectivity index is 2.26. The predicted molar refractivity (Wildman–Crippen MR) is 128 cm³/mol. The molecule has 2 aliphatic carbocycles. The van der Waals surface area contributed by atoms with Gasteiger partial charge in [0.25, 0.3) is 0 Å². The van der Waals surface area contributed by atoms with Gasteiger partial charge in [-0.05, 0) is 0 Å². The molecule has 0 aliphatic heterocycles. The van der Waals surface area contributed by atoms with E-state index in [-0.39, 0.29) is 0 Å². The number of rotatable bonds is 4. The van der Waals surface area contributed by atoms with Crippen LogP contribution >= 0.6 is 0 Å². The van der Waals surface area contributed by atoms with E-state index < -0.39 is 18.4 Å². The van der Waals surface area contributed by atoms with E-state index in [0.717, 1.165) is 0 Å². The second-order valence-corrected chi connectivity index (χ2v) is 18.7.